The first-order chi connectivity index (χ1) is 18.3. The Morgan fingerprint density at radius 3 is 2.32 bits per heavy atom. The van der Waals surface area contributed by atoms with Gasteiger partial charge in [0.25, 0.3) is 5.91 Å². The quantitative estimate of drug-likeness (QED) is 0.379. The van der Waals surface area contributed by atoms with Crippen LogP contribution in [0.1, 0.15) is 48.0 Å². The number of thioether (sulfide) groups is 2. The molecule has 1 aliphatic heterocycles. The largest absolute Gasteiger partial charge is 0.480 e. The van der Waals surface area contributed by atoms with E-state index in [-0.39, 0.29) is 38.3 Å². The molecule has 2 aliphatic carbocycles. The minimum atomic E-state index is -1.02. The predicted octanol–water partition coefficient (Wildman–Crippen LogP) is 6.50. The van der Waals surface area contributed by atoms with E-state index in [2.05, 4.69) is 10.3 Å². The number of halogens is 2. The predicted molar refractivity (Wildman–Crippen MR) is 153 cm³/mol. The van der Waals surface area contributed by atoms with Crippen molar-refractivity contribution in [2.24, 2.45) is 16.3 Å². The summed E-state index contributed by atoms with van der Waals surface area (Å²) in [7, 11) is 0. The molecule has 1 aromatic carbocycles. The zero-order valence-corrected chi connectivity index (χ0v) is 23.4. The second-order valence-corrected chi connectivity index (χ2v) is 12.8. The van der Waals surface area contributed by atoms with E-state index in [1.54, 1.807) is 47.8 Å². The van der Waals surface area contributed by atoms with E-state index in [1.807, 2.05) is 10.8 Å². The topological polar surface area (TPSA) is 109 Å². The number of ketones is 1. The molecule has 3 aliphatic rings. The van der Waals surface area contributed by atoms with Crippen molar-refractivity contribution in [3.63, 3.8) is 0 Å². The molecular formula is C27H25Cl2N3O4S2. The third kappa shape index (κ3) is 5.26. The smallest absolute Gasteiger partial charge is 0.328 e. The van der Waals surface area contributed by atoms with E-state index in [0.717, 1.165) is 43.4 Å². The molecule has 0 bridgehead atoms. The van der Waals surface area contributed by atoms with Crippen LogP contribution in [0.5, 0.6) is 0 Å². The van der Waals surface area contributed by atoms with Crippen LogP contribution in [-0.2, 0) is 16.0 Å². The second kappa shape index (κ2) is 11.4. The molecule has 2 N–H and O–H groups in total. The van der Waals surface area contributed by atoms with Gasteiger partial charge in [-0.25, -0.2) is 4.79 Å². The number of amides is 1. The molecule has 5 rings (SSSR count). The van der Waals surface area contributed by atoms with Crippen molar-refractivity contribution in [2.45, 2.75) is 49.1 Å². The maximum atomic E-state index is 13.4. The summed E-state index contributed by atoms with van der Waals surface area (Å²) < 4.78 is 0.0218. The number of aliphatic carboxylic acids is 1. The van der Waals surface area contributed by atoms with Gasteiger partial charge in [0, 0.05) is 30.2 Å². The Morgan fingerprint density at radius 1 is 1.08 bits per heavy atom. The first-order valence-electron chi connectivity index (χ1n) is 12.3. The van der Waals surface area contributed by atoms with Crippen LogP contribution in [-0.4, -0.2) is 44.1 Å². The molecule has 7 nitrogen and oxygen atoms in total. The van der Waals surface area contributed by atoms with Crippen molar-refractivity contribution in [2.75, 3.05) is 5.32 Å². The van der Waals surface area contributed by atoms with Crippen LogP contribution in [0, 0.1) is 11.3 Å². The molecule has 2 fully saturated rings. The molecule has 38 heavy (non-hydrogen) atoms. The van der Waals surface area contributed by atoms with Crippen LogP contribution in [0.15, 0.2) is 52.5 Å². The molecular weight excluding hydrogens is 565 g/mol. The number of carboxylic acids is 1. The molecule has 2 heterocycles. The number of hydrogen-bond acceptors (Lipinski definition) is 7. The van der Waals surface area contributed by atoms with Crippen LogP contribution < -0.4 is 5.32 Å². The Labute approximate surface area is 238 Å². The minimum absolute atomic E-state index is 0.0218. The molecule has 198 valence electrons. The summed E-state index contributed by atoms with van der Waals surface area (Å²) in [6, 6.07) is 5.90. The molecule has 2 atom stereocenters. The Balaban J connectivity index is 1.34. The molecule has 0 radical (unpaired) electrons. The van der Waals surface area contributed by atoms with Gasteiger partial charge in [0.2, 0.25) is 0 Å². The first kappa shape index (κ1) is 27.2. The van der Waals surface area contributed by atoms with E-state index < -0.39 is 23.3 Å². The number of rotatable bonds is 7. The Bertz CT molecular complexity index is 1300. The highest BCUT2D eigenvalue weighted by molar-refractivity contribution is 8.22. The maximum absolute atomic E-state index is 13.4. The average molecular weight is 591 g/mol. The zero-order valence-electron chi connectivity index (χ0n) is 20.2. The van der Waals surface area contributed by atoms with Crippen LogP contribution in [0.2, 0.25) is 10.0 Å². The summed E-state index contributed by atoms with van der Waals surface area (Å²) in [6.45, 7) is 0. The van der Waals surface area contributed by atoms with Gasteiger partial charge in [-0.1, -0.05) is 54.6 Å². The normalized spacial score (nSPS) is 22.4. The molecule has 0 saturated heterocycles. The average Bonchev–Trinajstić information content (AvgIpc) is 3.43. The number of benzene rings is 1. The molecule has 2 saturated carbocycles. The van der Waals surface area contributed by atoms with Crippen molar-refractivity contribution in [1.82, 2.24) is 4.98 Å². The Kier molecular flexibility index (Phi) is 8.19. The van der Waals surface area contributed by atoms with Crippen LogP contribution in [0.3, 0.4) is 0 Å². The number of carboxylic acid groups (broad SMARTS) is 1. The fourth-order valence-electron chi connectivity index (χ4n) is 5.42. The summed E-state index contributed by atoms with van der Waals surface area (Å²) in [5.74, 6) is -1.61. The van der Waals surface area contributed by atoms with E-state index in [4.69, 9.17) is 28.2 Å². The number of nitrogens with zero attached hydrogens (tertiary/aromatic N) is 2. The SMILES string of the molecule is O=C(Nc1ccc(C[C@H](N=C2C(C3SC=CS3)C(=O)C23CCCCC3)C(=O)O)cc1)c1c(Cl)cncc1Cl. The Morgan fingerprint density at radius 2 is 1.71 bits per heavy atom. The molecule has 1 aromatic heterocycles. The number of aromatic nitrogens is 1. The molecule has 11 heteroatoms. The first-order valence-corrected chi connectivity index (χ1v) is 14.9. The van der Waals surface area contributed by atoms with Gasteiger partial charge in [-0.2, -0.15) is 0 Å². The summed E-state index contributed by atoms with van der Waals surface area (Å²) in [5.41, 5.74) is 1.58. The van der Waals surface area contributed by atoms with E-state index >= 15 is 0 Å². The Hall–Kier alpha value is -2.33. The molecule has 1 amide bonds. The van der Waals surface area contributed by atoms with Crippen LogP contribution in [0.4, 0.5) is 5.69 Å². The van der Waals surface area contributed by atoms with Gasteiger partial charge < -0.3 is 10.4 Å². The van der Waals surface area contributed by atoms with E-state index in [0.29, 0.717) is 5.69 Å². The van der Waals surface area contributed by atoms with Crippen molar-refractivity contribution in [1.29, 1.82) is 0 Å². The molecule has 2 aromatic rings. The lowest BCUT2D eigenvalue weighted by Gasteiger charge is -2.51. The van der Waals surface area contributed by atoms with Crippen LogP contribution in [0.25, 0.3) is 0 Å². The number of pyridine rings is 1. The number of nitrogens with one attached hydrogen (secondary N) is 1. The van der Waals surface area contributed by atoms with Gasteiger partial charge in [-0.15, -0.1) is 23.5 Å². The summed E-state index contributed by atoms with van der Waals surface area (Å²) >= 11 is 15.4. The van der Waals surface area contributed by atoms with Gasteiger partial charge in [-0.3, -0.25) is 19.6 Å². The highest BCUT2D eigenvalue weighted by Gasteiger charge is 2.61. The van der Waals surface area contributed by atoms with Crippen molar-refractivity contribution >= 4 is 75.8 Å². The number of carbonyl (C=O) groups excluding carboxylic acids is 2. The van der Waals surface area contributed by atoms with Gasteiger partial charge >= 0.3 is 5.97 Å². The van der Waals surface area contributed by atoms with Gasteiger partial charge in [0.1, 0.15) is 0 Å². The van der Waals surface area contributed by atoms with Crippen molar-refractivity contribution in [3.8, 4) is 0 Å². The third-order valence-corrected chi connectivity index (χ3v) is 10.4. The lowest BCUT2D eigenvalue weighted by atomic mass is 9.53. The van der Waals surface area contributed by atoms with E-state index in [9.17, 15) is 19.5 Å². The lowest BCUT2D eigenvalue weighted by molar-refractivity contribution is -0.139. The number of hydrogen-bond donors (Lipinski definition) is 2. The highest BCUT2D eigenvalue weighted by Crippen LogP contribution is 2.55. The number of carbonyl (C=O) groups is 3. The standard InChI is InChI=1S/C27H25Cl2N3O4S2/c28-17-13-30-14-18(29)20(17)24(34)31-16-6-4-15(5-7-16)12-19(25(35)36)32-22-21(26-37-10-11-38-26)23(33)27(22)8-2-1-3-9-27/h4-7,10-11,13-14,19,21,26H,1-3,8-9,12H2,(H,31,34)(H,35,36)/t19-,21?/m0/s1. The highest BCUT2D eigenvalue weighted by atomic mass is 35.5. The van der Waals surface area contributed by atoms with Gasteiger partial charge in [0.05, 0.1) is 31.5 Å². The third-order valence-electron chi connectivity index (χ3n) is 7.30. The van der Waals surface area contributed by atoms with Gasteiger partial charge in [-0.05, 0) is 41.4 Å². The minimum Gasteiger partial charge on any atom is -0.480 e. The number of aliphatic imine (C=N–C) groups is 1. The summed E-state index contributed by atoms with van der Waals surface area (Å²) in [6.07, 6.45) is 7.38. The second-order valence-electron chi connectivity index (χ2n) is 9.60. The van der Waals surface area contributed by atoms with E-state index in [1.165, 1.54) is 12.4 Å². The monoisotopic (exact) mass is 589 g/mol. The zero-order chi connectivity index (χ0) is 26.9. The fraction of sp³-hybridized carbons (Fsp3) is 0.370. The van der Waals surface area contributed by atoms with Crippen molar-refractivity contribution in [3.05, 3.63) is 68.6 Å². The molecule has 1 spiro atoms. The summed E-state index contributed by atoms with van der Waals surface area (Å²) in [5, 5.41) is 17.1. The lowest BCUT2D eigenvalue weighted by Crippen LogP contribution is -2.62. The summed E-state index contributed by atoms with van der Waals surface area (Å²) in [4.78, 5) is 47.0. The maximum Gasteiger partial charge on any atom is 0.328 e. The fourth-order valence-corrected chi connectivity index (χ4v) is 8.24. The number of Topliss-reactive ketones (excluding diaryl/α,β-unsaturated/α-hetero) is 1. The number of anilines is 1. The molecule has 1 unspecified atom stereocenters. The van der Waals surface area contributed by atoms with Gasteiger partial charge in [0.15, 0.2) is 11.8 Å². The van der Waals surface area contributed by atoms with Crippen LogP contribution >= 0.6 is 46.7 Å². The van der Waals surface area contributed by atoms with Crippen molar-refractivity contribution < 1.29 is 19.5 Å².